The highest BCUT2D eigenvalue weighted by atomic mass is 16.5. The van der Waals surface area contributed by atoms with Crippen LogP contribution in [0.1, 0.15) is 24.8 Å². The number of amides is 2. The van der Waals surface area contributed by atoms with Gasteiger partial charge in [-0.2, -0.15) is 0 Å². The van der Waals surface area contributed by atoms with E-state index in [1.165, 1.54) is 0 Å². The van der Waals surface area contributed by atoms with Crippen LogP contribution in [0.15, 0.2) is 54.9 Å². The summed E-state index contributed by atoms with van der Waals surface area (Å²) < 4.78 is 6.00. The molecule has 1 heterocycles. The van der Waals surface area contributed by atoms with Gasteiger partial charge in [0, 0.05) is 18.9 Å². The molecule has 1 saturated carbocycles. The topological polar surface area (TPSA) is 63.2 Å². The molecule has 1 aromatic heterocycles. The van der Waals surface area contributed by atoms with E-state index in [2.05, 4.69) is 15.6 Å². The molecule has 0 aliphatic heterocycles. The van der Waals surface area contributed by atoms with Crippen LogP contribution in [0.25, 0.3) is 0 Å². The highest BCUT2D eigenvalue weighted by molar-refractivity contribution is 5.74. The molecule has 5 heteroatoms. The second-order valence-electron chi connectivity index (χ2n) is 5.70. The fraction of sp³-hybridized carbons (Fsp3) is 0.333. The molecule has 2 aromatic rings. The molecule has 2 atom stereocenters. The summed E-state index contributed by atoms with van der Waals surface area (Å²) in [5, 5.41) is 5.89. The van der Waals surface area contributed by atoms with Crippen LogP contribution >= 0.6 is 0 Å². The number of benzene rings is 1. The van der Waals surface area contributed by atoms with Crippen molar-refractivity contribution >= 4 is 6.03 Å². The Labute approximate surface area is 136 Å². The van der Waals surface area contributed by atoms with Gasteiger partial charge in [0.05, 0.1) is 6.04 Å². The highest BCUT2D eigenvalue weighted by Gasteiger charge is 2.30. The van der Waals surface area contributed by atoms with Crippen LogP contribution in [0, 0.1) is 0 Å². The van der Waals surface area contributed by atoms with Crippen LogP contribution in [0.3, 0.4) is 0 Å². The van der Waals surface area contributed by atoms with E-state index in [1.54, 1.807) is 12.4 Å². The van der Waals surface area contributed by atoms with Gasteiger partial charge in [0.25, 0.3) is 0 Å². The molecule has 0 spiro atoms. The third kappa shape index (κ3) is 4.45. The standard InChI is InChI=1S/C18H21N3O2/c22-18(20-13-14-6-5-11-19-12-14)21-16-9-4-10-17(16)23-15-7-2-1-3-8-15/h1-3,5-8,11-12,16-17H,4,9-10,13H2,(H2,20,21,22)/t16-,17-/m1/s1. The van der Waals surface area contributed by atoms with Crippen LogP contribution in [-0.4, -0.2) is 23.2 Å². The number of nitrogens with one attached hydrogen (secondary N) is 2. The molecule has 2 amide bonds. The first-order valence-electron chi connectivity index (χ1n) is 7.96. The molecule has 0 saturated heterocycles. The molecule has 5 nitrogen and oxygen atoms in total. The van der Waals surface area contributed by atoms with Crippen LogP contribution < -0.4 is 15.4 Å². The average molecular weight is 311 g/mol. The summed E-state index contributed by atoms with van der Waals surface area (Å²) in [5.41, 5.74) is 0.978. The van der Waals surface area contributed by atoms with Crippen molar-refractivity contribution in [3.63, 3.8) is 0 Å². The Bertz CT molecular complexity index is 619. The smallest absolute Gasteiger partial charge is 0.315 e. The maximum absolute atomic E-state index is 12.1. The van der Waals surface area contributed by atoms with E-state index in [0.29, 0.717) is 6.54 Å². The Kier molecular flexibility index (Phi) is 5.09. The van der Waals surface area contributed by atoms with Crippen molar-refractivity contribution in [2.24, 2.45) is 0 Å². The minimum Gasteiger partial charge on any atom is -0.488 e. The summed E-state index contributed by atoms with van der Waals surface area (Å²) in [6.45, 7) is 0.469. The molecule has 3 rings (SSSR count). The molecular formula is C18H21N3O2. The summed E-state index contributed by atoms with van der Waals surface area (Å²) in [6.07, 6.45) is 6.46. The zero-order valence-electron chi connectivity index (χ0n) is 12.9. The maximum atomic E-state index is 12.1. The normalized spacial score (nSPS) is 20.0. The molecule has 0 radical (unpaired) electrons. The number of urea groups is 1. The van der Waals surface area contributed by atoms with Gasteiger partial charge in [-0.05, 0) is 43.0 Å². The second-order valence-corrected chi connectivity index (χ2v) is 5.70. The number of hydrogen-bond donors (Lipinski definition) is 2. The van der Waals surface area contributed by atoms with Gasteiger partial charge < -0.3 is 15.4 Å². The molecule has 0 unspecified atom stereocenters. The Hall–Kier alpha value is -2.56. The zero-order chi connectivity index (χ0) is 15.9. The first-order chi connectivity index (χ1) is 11.3. The molecule has 1 aliphatic rings. The monoisotopic (exact) mass is 311 g/mol. The number of carbonyl (C=O) groups is 1. The molecule has 1 fully saturated rings. The van der Waals surface area contributed by atoms with E-state index < -0.39 is 0 Å². The van der Waals surface area contributed by atoms with E-state index >= 15 is 0 Å². The zero-order valence-corrected chi connectivity index (χ0v) is 12.9. The average Bonchev–Trinajstić information content (AvgIpc) is 3.02. The predicted molar refractivity (Wildman–Crippen MR) is 88.1 cm³/mol. The highest BCUT2D eigenvalue weighted by Crippen LogP contribution is 2.24. The number of aromatic nitrogens is 1. The minimum atomic E-state index is -0.164. The van der Waals surface area contributed by atoms with Crippen LogP contribution in [-0.2, 0) is 6.54 Å². The van der Waals surface area contributed by atoms with Gasteiger partial charge >= 0.3 is 6.03 Å². The summed E-state index contributed by atoms with van der Waals surface area (Å²) in [4.78, 5) is 16.1. The lowest BCUT2D eigenvalue weighted by molar-refractivity contribution is 0.172. The Morgan fingerprint density at radius 3 is 2.83 bits per heavy atom. The van der Waals surface area contributed by atoms with Crippen molar-refractivity contribution < 1.29 is 9.53 Å². The largest absolute Gasteiger partial charge is 0.488 e. The van der Waals surface area contributed by atoms with E-state index in [9.17, 15) is 4.79 Å². The van der Waals surface area contributed by atoms with E-state index in [4.69, 9.17) is 4.74 Å². The van der Waals surface area contributed by atoms with Gasteiger partial charge in [0.1, 0.15) is 11.9 Å². The van der Waals surface area contributed by atoms with Gasteiger partial charge in [-0.3, -0.25) is 4.98 Å². The van der Waals surface area contributed by atoms with E-state index in [1.807, 2.05) is 42.5 Å². The molecule has 1 aliphatic carbocycles. The number of ether oxygens (including phenoxy) is 1. The third-order valence-corrected chi connectivity index (χ3v) is 3.98. The number of pyridine rings is 1. The Balaban J connectivity index is 1.49. The fourth-order valence-corrected chi connectivity index (χ4v) is 2.81. The number of carbonyl (C=O) groups excluding carboxylic acids is 1. The predicted octanol–water partition coefficient (Wildman–Crippen LogP) is 2.88. The maximum Gasteiger partial charge on any atom is 0.315 e. The first kappa shape index (κ1) is 15.3. The van der Waals surface area contributed by atoms with Crippen molar-refractivity contribution in [1.82, 2.24) is 15.6 Å². The summed E-state index contributed by atoms with van der Waals surface area (Å²) >= 11 is 0. The number of nitrogens with zero attached hydrogens (tertiary/aromatic N) is 1. The summed E-state index contributed by atoms with van der Waals surface area (Å²) in [5.74, 6) is 0.849. The van der Waals surface area contributed by atoms with Gasteiger partial charge in [0.15, 0.2) is 0 Å². The van der Waals surface area contributed by atoms with Gasteiger partial charge in [-0.25, -0.2) is 4.79 Å². The van der Waals surface area contributed by atoms with Crippen molar-refractivity contribution in [3.8, 4) is 5.75 Å². The van der Waals surface area contributed by atoms with Crippen molar-refractivity contribution in [2.45, 2.75) is 38.0 Å². The lowest BCUT2D eigenvalue weighted by Crippen LogP contribution is -2.46. The van der Waals surface area contributed by atoms with Gasteiger partial charge in [-0.15, -0.1) is 0 Å². The third-order valence-electron chi connectivity index (χ3n) is 3.98. The van der Waals surface area contributed by atoms with Crippen molar-refractivity contribution in [1.29, 1.82) is 0 Å². The summed E-state index contributed by atoms with van der Waals surface area (Å²) in [6, 6.07) is 13.4. The summed E-state index contributed by atoms with van der Waals surface area (Å²) in [7, 11) is 0. The molecule has 1 aromatic carbocycles. The molecule has 2 N–H and O–H groups in total. The molecular weight excluding hydrogens is 290 g/mol. The van der Waals surface area contributed by atoms with Crippen molar-refractivity contribution in [3.05, 3.63) is 60.4 Å². The Morgan fingerprint density at radius 1 is 1.17 bits per heavy atom. The van der Waals surface area contributed by atoms with Crippen LogP contribution in [0.4, 0.5) is 4.79 Å². The van der Waals surface area contributed by atoms with Gasteiger partial charge in [0.2, 0.25) is 0 Å². The van der Waals surface area contributed by atoms with Crippen molar-refractivity contribution in [2.75, 3.05) is 0 Å². The van der Waals surface area contributed by atoms with Crippen LogP contribution in [0.5, 0.6) is 5.75 Å². The molecule has 0 bridgehead atoms. The van der Waals surface area contributed by atoms with E-state index in [-0.39, 0.29) is 18.2 Å². The lowest BCUT2D eigenvalue weighted by Gasteiger charge is -2.22. The number of rotatable bonds is 5. The van der Waals surface area contributed by atoms with E-state index in [0.717, 1.165) is 30.6 Å². The molecule has 23 heavy (non-hydrogen) atoms. The Morgan fingerprint density at radius 2 is 2.04 bits per heavy atom. The number of para-hydroxylation sites is 1. The second kappa shape index (κ2) is 7.63. The van der Waals surface area contributed by atoms with Crippen LogP contribution in [0.2, 0.25) is 0 Å². The molecule has 120 valence electrons. The SMILES string of the molecule is O=C(NCc1cccnc1)N[C@@H]1CCC[C@H]1Oc1ccccc1. The first-order valence-corrected chi connectivity index (χ1v) is 7.96. The van der Waals surface area contributed by atoms with Gasteiger partial charge in [-0.1, -0.05) is 24.3 Å². The minimum absolute atomic E-state index is 0.0292. The number of hydrogen-bond acceptors (Lipinski definition) is 3. The lowest BCUT2D eigenvalue weighted by atomic mass is 10.2. The fourth-order valence-electron chi connectivity index (χ4n) is 2.81. The quantitative estimate of drug-likeness (QED) is 0.892.